The molecule has 0 heterocycles. The van der Waals surface area contributed by atoms with Gasteiger partial charge in [-0.25, -0.2) is 0 Å². The number of carbonyl (C=O) groups is 2. The van der Waals surface area contributed by atoms with E-state index in [1.54, 1.807) is 18.2 Å². The quantitative estimate of drug-likeness (QED) is 0.260. The van der Waals surface area contributed by atoms with Gasteiger partial charge >= 0.3 is 0 Å². The molecule has 0 aliphatic rings. The highest BCUT2D eigenvalue weighted by Crippen LogP contribution is 2.29. The van der Waals surface area contributed by atoms with E-state index in [0.29, 0.717) is 27.8 Å². The standard InChI is InChI=1S/C30H33BrCl2N2O3/c1-5-20-14-15-27(23(31)16-20)38-19-28(36)35(18-22-24(32)12-9-13-25(22)33)26(29(37)34-30(2,3)4)17-21-10-7-6-8-11-21/h6-16,26H,5,17-19H2,1-4H3,(H,34,37)/t26-/m1/s1. The summed E-state index contributed by atoms with van der Waals surface area (Å²) >= 11 is 16.5. The third-order valence-corrected chi connectivity index (χ3v) is 7.24. The van der Waals surface area contributed by atoms with Crippen LogP contribution in [-0.2, 0) is 29.0 Å². The summed E-state index contributed by atoms with van der Waals surface area (Å²) in [6, 6.07) is 19.7. The number of hydrogen-bond donors (Lipinski definition) is 1. The van der Waals surface area contributed by atoms with Crippen LogP contribution in [0.1, 0.15) is 44.4 Å². The van der Waals surface area contributed by atoms with Gasteiger partial charge in [0.2, 0.25) is 5.91 Å². The number of nitrogens with zero attached hydrogens (tertiary/aromatic N) is 1. The Morgan fingerprint density at radius 3 is 2.21 bits per heavy atom. The highest BCUT2D eigenvalue weighted by molar-refractivity contribution is 9.10. The Bertz CT molecular complexity index is 1240. The molecule has 2 amide bonds. The minimum absolute atomic E-state index is 0.0473. The van der Waals surface area contributed by atoms with Gasteiger partial charge in [-0.05, 0) is 78.5 Å². The summed E-state index contributed by atoms with van der Waals surface area (Å²) < 4.78 is 6.68. The van der Waals surface area contributed by atoms with Gasteiger partial charge in [0.25, 0.3) is 5.91 Å². The van der Waals surface area contributed by atoms with Crippen molar-refractivity contribution in [2.75, 3.05) is 6.61 Å². The van der Waals surface area contributed by atoms with Crippen molar-refractivity contribution in [3.05, 3.63) is 97.9 Å². The largest absolute Gasteiger partial charge is 0.483 e. The lowest BCUT2D eigenvalue weighted by Gasteiger charge is -2.34. The third-order valence-electron chi connectivity index (χ3n) is 5.92. The summed E-state index contributed by atoms with van der Waals surface area (Å²) in [5.41, 5.74) is 2.14. The fourth-order valence-corrected chi connectivity index (χ4v) is 5.02. The summed E-state index contributed by atoms with van der Waals surface area (Å²) in [7, 11) is 0. The summed E-state index contributed by atoms with van der Waals surface area (Å²) in [4.78, 5) is 29.0. The molecule has 202 valence electrons. The van der Waals surface area contributed by atoms with Crippen LogP contribution in [0.2, 0.25) is 10.0 Å². The van der Waals surface area contributed by atoms with E-state index in [2.05, 4.69) is 28.2 Å². The number of ether oxygens (including phenoxy) is 1. The average molecular weight is 620 g/mol. The van der Waals surface area contributed by atoms with Gasteiger partial charge in [0.05, 0.1) is 4.47 Å². The molecule has 0 fully saturated rings. The van der Waals surface area contributed by atoms with Crippen molar-refractivity contribution >= 4 is 50.9 Å². The van der Waals surface area contributed by atoms with E-state index < -0.39 is 11.6 Å². The molecule has 3 aromatic carbocycles. The smallest absolute Gasteiger partial charge is 0.261 e. The molecule has 0 bridgehead atoms. The topological polar surface area (TPSA) is 58.6 Å². The molecule has 0 unspecified atom stereocenters. The first-order valence-corrected chi connectivity index (χ1v) is 14.0. The van der Waals surface area contributed by atoms with E-state index in [4.69, 9.17) is 27.9 Å². The van der Waals surface area contributed by atoms with Crippen molar-refractivity contribution in [2.45, 2.75) is 58.7 Å². The average Bonchev–Trinajstić information content (AvgIpc) is 2.86. The molecule has 0 spiro atoms. The van der Waals surface area contributed by atoms with Crippen molar-refractivity contribution in [1.82, 2.24) is 10.2 Å². The van der Waals surface area contributed by atoms with E-state index in [9.17, 15) is 9.59 Å². The lowest BCUT2D eigenvalue weighted by molar-refractivity contribution is -0.143. The first-order chi connectivity index (χ1) is 18.0. The monoisotopic (exact) mass is 618 g/mol. The number of hydrogen-bond acceptors (Lipinski definition) is 3. The van der Waals surface area contributed by atoms with Gasteiger partial charge in [-0.15, -0.1) is 0 Å². The summed E-state index contributed by atoms with van der Waals surface area (Å²) in [6.07, 6.45) is 1.19. The van der Waals surface area contributed by atoms with E-state index in [1.165, 1.54) is 4.90 Å². The lowest BCUT2D eigenvalue weighted by atomic mass is 10.0. The lowest BCUT2D eigenvalue weighted by Crippen LogP contribution is -2.55. The number of benzene rings is 3. The zero-order valence-electron chi connectivity index (χ0n) is 22.1. The maximum Gasteiger partial charge on any atom is 0.261 e. The zero-order chi connectivity index (χ0) is 27.9. The Morgan fingerprint density at radius 2 is 1.63 bits per heavy atom. The Kier molecular flexibility index (Phi) is 10.7. The maximum absolute atomic E-state index is 13.8. The summed E-state index contributed by atoms with van der Waals surface area (Å²) in [6.45, 7) is 7.57. The highest BCUT2D eigenvalue weighted by atomic mass is 79.9. The molecule has 3 aromatic rings. The molecule has 0 aliphatic carbocycles. The van der Waals surface area contributed by atoms with Gasteiger partial charge in [0.1, 0.15) is 11.8 Å². The van der Waals surface area contributed by atoms with Crippen molar-refractivity contribution in [3.63, 3.8) is 0 Å². The molecule has 3 rings (SSSR count). The van der Waals surface area contributed by atoms with Gasteiger partial charge in [-0.2, -0.15) is 0 Å². The first kappa shape index (κ1) is 30.0. The van der Waals surface area contributed by atoms with Crippen LogP contribution in [0, 0.1) is 0 Å². The highest BCUT2D eigenvalue weighted by Gasteiger charge is 2.33. The number of carbonyl (C=O) groups excluding carboxylic acids is 2. The predicted molar refractivity (Wildman–Crippen MR) is 158 cm³/mol. The van der Waals surface area contributed by atoms with Gasteiger partial charge in [0.15, 0.2) is 6.61 Å². The van der Waals surface area contributed by atoms with E-state index in [-0.39, 0.29) is 25.0 Å². The molecule has 38 heavy (non-hydrogen) atoms. The fourth-order valence-electron chi connectivity index (χ4n) is 3.96. The first-order valence-electron chi connectivity index (χ1n) is 12.5. The molecule has 1 N–H and O–H groups in total. The normalized spacial score (nSPS) is 12.1. The number of nitrogens with one attached hydrogen (secondary N) is 1. The molecular weight excluding hydrogens is 587 g/mol. The Balaban J connectivity index is 1.98. The summed E-state index contributed by atoms with van der Waals surface area (Å²) in [5.74, 6) is -0.0890. The Labute approximate surface area is 243 Å². The second-order valence-electron chi connectivity index (χ2n) is 10.1. The van der Waals surface area contributed by atoms with Crippen molar-refractivity contribution in [2.24, 2.45) is 0 Å². The maximum atomic E-state index is 13.8. The Hall–Kier alpha value is -2.54. The summed E-state index contributed by atoms with van der Waals surface area (Å²) in [5, 5.41) is 3.88. The molecule has 0 aromatic heterocycles. The van der Waals surface area contributed by atoms with Crippen LogP contribution in [0.15, 0.2) is 71.2 Å². The molecule has 0 saturated heterocycles. The minimum Gasteiger partial charge on any atom is -0.483 e. The SMILES string of the molecule is CCc1ccc(OCC(=O)N(Cc2c(Cl)cccc2Cl)[C@H](Cc2ccccc2)C(=O)NC(C)(C)C)c(Br)c1. The number of amides is 2. The number of halogens is 3. The number of rotatable bonds is 10. The molecule has 5 nitrogen and oxygen atoms in total. The molecule has 0 saturated carbocycles. The minimum atomic E-state index is -0.828. The van der Waals surface area contributed by atoms with Crippen molar-refractivity contribution in [1.29, 1.82) is 0 Å². The fraction of sp³-hybridized carbons (Fsp3) is 0.333. The second kappa shape index (κ2) is 13.5. The molecule has 0 aliphatic heterocycles. The van der Waals surface area contributed by atoms with Gasteiger partial charge in [-0.3, -0.25) is 9.59 Å². The second-order valence-corrected chi connectivity index (χ2v) is 11.7. The molecule has 0 radical (unpaired) electrons. The van der Waals surface area contributed by atoms with Crippen LogP contribution in [0.4, 0.5) is 0 Å². The van der Waals surface area contributed by atoms with Crippen LogP contribution in [0.25, 0.3) is 0 Å². The molecule has 1 atom stereocenters. The van der Waals surface area contributed by atoms with Gasteiger partial charge in [-0.1, -0.05) is 72.6 Å². The van der Waals surface area contributed by atoms with Gasteiger partial charge in [0, 0.05) is 34.1 Å². The number of aryl methyl sites for hydroxylation is 1. The van der Waals surface area contributed by atoms with Crippen LogP contribution in [0.5, 0.6) is 5.75 Å². The van der Waals surface area contributed by atoms with Crippen LogP contribution >= 0.6 is 39.1 Å². The van der Waals surface area contributed by atoms with Gasteiger partial charge < -0.3 is 15.0 Å². The zero-order valence-corrected chi connectivity index (χ0v) is 25.2. The van der Waals surface area contributed by atoms with E-state index in [0.717, 1.165) is 22.0 Å². The van der Waals surface area contributed by atoms with Crippen molar-refractivity contribution in [3.8, 4) is 5.75 Å². The third kappa shape index (κ3) is 8.48. The van der Waals surface area contributed by atoms with Crippen LogP contribution in [-0.4, -0.2) is 34.9 Å². The van der Waals surface area contributed by atoms with E-state index >= 15 is 0 Å². The van der Waals surface area contributed by atoms with Crippen LogP contribution < -0.4 is 10.1 Å². The molecular formula is C30H33BrCl2N2O3. The van der Waals surface area contributed by atoms with Crippen molar-refractivity contribution < 1.29 is 14.3 Å². The molecule has 8 heteroatoms. The predicted octanol–water partition coefficient (Wildman–Crippen LogP) is 7.25. The van der Waals surface area contributed by atoms with E-state index in [1.807, 2.05) is 69.3 Å². The van der Waals surface area contributed by atoms with Crippen LogP contribution in [0.3, 0.4) is 0 Å². The Morgan fingerprint density at radius 1 is 0.974 bits per heavy atom.